The number of aliphatic hydroxyl groups is 1. The first-order chi connectivity index (χ1) is 5.27. The third kappa shape index (κ3) is 46.0. The van der Waals surface area contributed by atoms with Gasteiger partial charge >= 0.3 is 126 Å². The summed E-state index contributed by atoms with van der Waals surface area (Å²) < 4.78 is 14.4. The molecule has 1 atom stereocenters. The zero-order valence-corrected chi connectivity index (χ0v) is 8.04. The second-order valence-electron chi connectivity index (χ2n) is 1.82. The molecule has 15 heavy (non-hydrogen) atoms. The van der Waals surface area contributed by atoms with Crippen LogP contribution in [-0.4, -0.2) is 142 Å². The minimum atomic E-state index is -2.67. The quantitative estimate of drug-likeness (QED) is 0.369. The molecule has 0 spiro atoms. The van der Waals surface area contributed by atoms with Crippen molar-refractivity contribution in [3.63, 3.8) is 0 Å². The fourth-order valence-corrected chi connectivity index (χ4v) is 0.830. The van der Waals surface area contributed by atoms with Gasteiger partial charge in [-0.1, -0.05) is 19.8 Å². The second kappa shape index (κ2) is 36.2. The Balaban J connectivity index is -0.0000000317. The van der Waals surface area contributed by atoms with Crippen LogP contribution in [0.1, 0.15) is 26.2 Å². The molecule has 4 nitrogen and oxygen atoms in total. The molecule has 9 heteroatoms. The van der Waals surface area contributed by atoms with E-state index in [0.29, 0.717) is 6.61 Å². The van der Waals surface area contributed by atoms with E-state index >= 15 is 0 Å². The van der Waals surface area contributed by atoms with Gasteiger partial charge in [0.25, 0.3) is 0 Å². The maximum atomic E-state index is 9.93. The van der Waals surface area contributed by atoms with Gasteiger partial charge in [0.05, 0.1) is 6.61 Å². The van der Waals surface area contributed by atoms with Crippen molar-refractivity contribution in [2.45, 2.75) is 26.2 Å². The van der Waals surface area contributed by atoms with E-state index in [4.69, 9.17) is 10.00 Å². The van der Waals surface area contributed by atoms with E-state index in [2.05, 4.69) is 11.4 Å². The van der Waals surface area contributed by atoms with Gasteiger partial charge in [0.2, 0.25) is 0 Å². The van der Waals surface area contributed by atoms with Crippen molar-refractivity contribution in [2.24, 2.45) is 0 Å². The van der Waals surface area contributed by atoms with E-state index in [1.54, 1.807) is 0 Å². The summed E-state index contributed by atoms with van der Waals surface area (Å²) in [7, 11) is -1.67. The van der Waals surface area contributed by atoms with E-state index in [1.165, 1.54) is 0 Å². The average Bonchev–Trinajstić information content (AvgIpc) is 2.02. The summed E-state index contributed by atoms with van der Waals surface area (Å²) in [4.78, 5) is 8.18. The van der Waals surface area contributed by atoms with Gasteiger partial charge < -0.3 is 14.5 Å². The molecule has 0 heterocycles. The second-order valence-corrected chi connectivity index (χ2v) is 2.64. The fraction of sp³-hybridized carbons (Fsp3) is 1.00. The molecule has 0 aliphatic rings. The molecule has 0 aliphatic carbocycles. The summed E-state index contributed by atoms with van der Waals surface area (Å²) in [5.74, 6) is 0. The van der Waals surface area contributed by atoms with E-state index in [1.807, 2.05) is 0 Å². The van der Waals surface area contributed by atoms with Crippen LogP contribution >= 0.6 is 8.25 Å². The monoisotopic (exact) mass is 280 g/mol. The summed E-state index contributed by atoms with van der Waals surface area (Å²) in [5.41, 5.74) is 0. The Labute approximate surface area is 182 Å². The predicted octanol–water partition coefficient (Wildman–Crippen LogP) is -1.41. The summed E-state index contributed by atoms with van der Waals surface area (Å²) in [6, 6.07) is 0. The molecule has 0 aromatic heterocycles. The Hall–Kier alpha value is 4.11. The van der Waals surface area contributed by atoms with Crippen LogP contribution in [0.3, 0.4) is 0 Å². The first-order valence-electron chi connectivity index (χ1n) is 3.57. The van der Waals surface area contributed by atoms with Gasteiger partial charge in [0, 0.05) is 7.11 Å². The van der Waals surface area contributed by atoms with Crippen LogP contribution in [0.2, 0.25) is 0 Å². The molecule has 1 unspecified atom stereocenters. The topological polar surface area (TPSA) is 66.8 Å². The zero-order chi connectivity index (χ0) is 9.11. The Morgan fingerprint density at radius 1 is 1.07 bits per heavy atom. The number of rotatable bonds is 5. The maximum absolute atomic E-state index is 9.93. The normalized spacial score (nSPS) is 8.53. The molecule has 0 amide bonds. The SMILES string of the molecule is CCCCCO[PH](=O)O.CO.[NaH].[NaH].[NaH].[NaH]. The minimum absolute atomic E-state index is 0. The van der Waals surface area contributed by atoms with E-state index < -0.39 is 8.25 Å². The van der Waals surface area contributed by atoms with Crippen LogP contribution < -0.4 is 0 Å². The molecule has 0 saturated carbocycles. The van der Waals surface area contributed by atoms with Crippen molar-refractivity contribution in [2.75, 3.05) is 13.7 Å². The van der Waals surface area contributed by atoms with Gasteiger partial charge in [-0.15, -0.1) is 0 Å². The molecule has 0 aromatic rings. The Morgan fingerprint density at radius 2 is 1.47 bits per heavy atom. The van der Waals surface area contributed by atoms with Crippen LogP contribution in [-0.2, 0) is 9.09 Å². The van der Waals surface area contributed by atoms with Crippen molar-refractivity contribution < 1.29 is 19.1 Å². The Bertz CT molecular complexity index is 99.2. The summed E-state index contributed by atoms with van der Waals surface area (Å²) in [6.45, 7) is 2.49. The van der Waals surface area contributed by atoms with Crippen LogP contribution in [0.15, 0.2) is 0 Å². The predicted molar refractivity (Wildman–Crippen MR) is 73.4 cm³/mol. The van der Waals surface area contributed by atoms with E-state index in [-0.39, 0.29) is 118 Å². The number of hydrogen-bond acceptors (Lipinski definition) is 3. The van der Waals surface area contributed by atoms with Gasteiger partial charge in [-0.2, -0.15) is 0 Å². The molecule has 0 saturated heterocycles. The van der Waals surface area contributed by atoms with Gasteiger partial charge in [0.1, 0.15) is 0 Å². The summed E-state index contributed by atoms with van der Waals surface area (Å²) in [6.07, 6.45) is 3.05. The molecular weight excluding hydrogens is 259 g/mol. The van der Waals surface area contributed by atoms with Crippen LogP contribution in [0.4, 0.5) is 0 Å². The van der Waals surface area contributed by atoms with E-state index in [9.17, 15) is 4.57 Å². The molecule has 0 bridgehead atoms. The molecular formula is C6H21Na4O4P. The Kier molecular flexibility index (Phi) is 87.9. The number of unbranched alkanes of at least 4 members (excludes halogenated alkanes) is 2. The molecule has 0 aromatic carbocycles. The van der Waals surface area contributed by atoms with Gasteiger partial charge in [-0.05, 0) is 6.42 Å². The van der Waals surface area contributed by atoms with Gasteiger partial charge in [0.15, 0.2) is 0 Å². The van der Waals surface area contributed by atoms with E-state index in [0.717, 1.165) is 26.4 Å². The summed E-state index contributed by atoms with van der Waals surface area (Å²) in [5, 5.41) is 7.00. The molecule has 0 aliphatic heterocycles. The molecule has 0 radical (unpaired) electrons. The first kappa shape index (κ1) is 36.5. The van der Waals surface area contributed by atoms with Gasteiger partial charge in [-0.3, -0.25) is 4.57 Å². The van der Waals surface area contributed by atoms with Crippen LogP contribution in [0, 0.1) is 0 Å². The van der Waals surface area contributed by atoms with Crippen LogP contribution in [0.5, 0.6) is 0 Å². The third-order valence-corrected chi connectivity index (χ3v) is 1.42. The van der Waals surface area contributed by atoms with Crippen molar-refractivity contribution >= 4 is 126 Å². The van der Waals surface area contributed by atoms with Crippen molar-refractivity contribution in [1.29, 1.82) is 0 Å². The number of hydrogen-bond donors (Lipinski definition) is 2. The summed E-state index contributed by atoms with van der Waals surface area (Å²) >= 11 is 0. The molecule has 2 N–H and O–H groups in total. The van der Waals surface area contributed by atoms with Crippen molar-refractivity contribution in [1.82, 2.24) is 0 Å². The van der Waals surface area contributed by atoms with Gasteiger partial charge in [-0.25, -0.2) is 0 Å². The van der Waals surface area contributed by atoms with Crippen LogP contribution in [0.25, 0.3) is 0 Å². The van der Waals surface area contributed by atoms with Crippen molar-refractivity contribution in [3.05, 3.63) is 0 Å². The molecule has 0 fully saturated rings. The zero-order valence-electron chi connectivity index (χ0n) is 7.04. The first-order valence-corrected chi connectivity index (χ1v) is 4.84. The average molecular weight is 280 g/mol. The third-order valence-electron chi connectivity index (χ3n) is 0.973. The number of aliphatic hydroxyl groups excluding tert-OH is 1. The standard InChI is InChI=1S/C5H13O3P.CH4O.4Na.4H/c1-2-3-4-5-8-9(6)7;1-2;;;;;;;;/h9H,2-5H2,1H3,(H,6,7);2H,1H3;;;;;;;;. The fourth-order valence-electron chi connectivity index (χ4n) is 0.512. The van der Waals surface area contributed by atoms with Crippen molar-refractivity contribution in [3.8, 4) is 0 Å². The molecule has 0 rings (SSSR count). The molecule has 78 valence electrons. The Morgan fingerprint density at radius 3 is 1.73 bits per heavy atom.